The minimum Gasteiger partial charge on any atom is -0.507 e. The summed E-state index contributed by atoms with van der Waals surface area (Å²) in [4.78, 5) is 12.1. The largest absolute Gasteiger partial charge is 0.507 e. The molecular weight excluding hydrogens is 354 g/mol. The van der Waals surface area contributed by atoms with Crippen molar-refractivity contribution < 1.29 is 18.3 Å². The van der Waals surface area contributed by atoms with Crippen LogP contribution in [0, 0.1) is 13.8 Å². The van der Waals surface area contributed by atoms with Gasteiger partial charge < -0.3 is 5.11 Å². The molecule has 0 saturated heterocycles. The number of sulfonamides is 1. The van der Waals surface area contributed by atoms with Crippen molar-refractivity contribution in [2.75, 3.05) is 17.1 Å². The number of aromatic hydroxyl groups is 1. The first-order chi connectivity index (χ1) is 12.2. The van der Waals surface area contributed by atoms with Gasteiger partial charge in [0, 0.05) is 5.56 Å². The summed E-state index contributed by atoms with van der Waals surface area (Å²) in [7, 11) is -3.65. The number of hydrogen-bond acceptors (Lipinski definition) is 5. The van der Waals surface area contributed by atoms with E-state index in [1.54, 1.807) is 30.3 Å². The van der Waals surface area contributed by atoms with Gasteiger partial charge in [-0.2, -0.15) is 5.10 Å². The van der Waals surface area contributed by atoms with Crippen molar-refractivity contribution in [2.24, 2.45) is 5.10 Å². The van der Waals surface area contributed by atoms with Crippen LogP contribution in [0.15, 0.2) is 47.6 Å². The summed E-state index contributed by atoms with van der Waals surface area (Å²) in [5.74, 6) is -0.570. The maximum Gasteiger partial charge on any atom is 0.260 e. The Labute approximate surface area is 153 Å². The zero-order valence-corrected chi connectivity index (χ0v) is 15.6. The molecule has 0 unspecified atom stereocenters. The van der Waals surface area contributed by atoms with Crippen LogP contribution in [0.2, 0.25) is 0 Å². The number of nitrogens with zero attached hydrogens (tertiary/aromatic N) is 2. The second-order valence-corrected chi connectivity index (χ2v) is 7.87. The van der Waals surface area contributed by atoms with Gasteiger partial charge in [0.1, 0.15) is 12.3 Å². The number of benzene rings is 2. The smallest absolute Gasteiger partial charge is 0.260 e. The Bertz CT molecular complexity index is 919. The van der Waals surface area contributed by atoms with Crippen LogP contribution >= 0.6 is 0 Å². The molecule has 0 saturated carbocycles. The second-order valence-electron chi connectivity index (χ2n) is 5.97. The molecular formula is C18H21N3O4S. The summed E-state index contributed by atoms with van der Waals surface area (Å²) < 4.78 is 25.2. The first-order valence-electron chi connectivity index (χ1n) is 7.83. The van der Waals surface area contributed by atoms with E-state index in [-0.39, 0.29) is 5.75 Å². The molecule has 0 aliphatic heterocycles. The first-order valence-corrected chi connectivity index (χ1v) is 9.67. The van der Waals surface area contributed by atoms with Crippen LogP contribution < -0.4 is 9.73 Å². The third-order valence-electron chi connectivity index (χ3n) is 3.51. The van der Waals surface area contributed by atoms with E-state index in [0.29, 0.717) is 11.3 Å². The Morgan fingerprint density at radius 1 is 1.19 bits per heavy atom. The molecule has 0 fully saturated rings. The normalized spacial score (nSPS) is 11.5. The number of nitrogens with one attached hydrogen (secondary N) is 1. The van der Waals surface area contributed by atoms with Gasteiger partial charge in [0.2, 0.25) is 10.0 Å². The van der Waals surface area contributed by atoms with Crippen molar-refractivity contribution in [3.05, 3.63) is 59.2 Å². The van der Waals surface area contributed by atoms with Crippen molar-refractivity contribution in [2.45, 2.75) is 13.8 Å². The molecule has 0 radical (unpaired) electrons. The number of phenols is 1. The molecule has 2 aromatic rings. The lowest BCUT2D eigenvalue weighted by Crippen LogP contribution is -2.39. The fourth-order valence-corrected chi connectivity index (χ4v) is 3.27. The number of amides is 1. The molecule has 2 rings (SSSR count). The summed E-state index contributed by atoms with van der Waals surface area (Å²) in [5, 5.41) is 13.4. The highest BCUT2D eigenvalue weighted by molar-refractivity contribution is 7.92. The number of hydrogen-bond donors (Lipinski definition) is 2. The molecule has 7 nitrogen and oxygen atoms in total. The van der Waals surface area contributed by atoms with Crippen molar-refractivity contribution in [3.63, 3.8) is 0 Å². The monoisotopic (exact) mass is 375 g/mol. The van der Waals surface area contributed by atoms with E-state index in [9.17, 15) is 18.3 Å². The number of aryl methyl sites for hydroxylation is 2. The molecule has 138 valence electrons. The average molecular weight is 375 g/mol. The van der Waals surface area contributed by atoms with E-state index in [4.69, 9.17) is 0 Å². The maximum absolute atomic E-state index is 12.1. The highest BCUT2D eigenvalue weighted by Gasteiger charge is 2.21. The van der Waals surface area contributed by atoms with E-state index in [0.717, 1.165) is 21.7 Å². The van der Waals surface area contributed by atoms with Gasteiger partial charge in [-0.05, 0) is 49.2 Å². The van der Waals surface area contributed by atoms with Gasteiger partial charge in [-0.3, -0.25) is 9.10 Å². The fraction of sp³-hybridized carbons (Fsp3) is 0.222. The van der Waals surface area contributed by atoms with E-state index < -0.39 is 22.5 Å². The fourth-order valence-electron chi connectivity index (χ4n) is 2.43. The zero-order chi connectivity index (χ0) is 19.3. The van der Waals surface area contributed by atoms with Crippen molar-refractivity contribution in [1.29, 1.82) is 0 Å². The van der Waals surface area contributed by atoms with Gasteiger partial charge in [-0.1, -0.05) is 18.2 Å². The van der Waals surface area contributed by atoms with E-state index in [2.05, 4.69) is 10.5 Å². The Morgan fingerprint density at radius 2 is 1.81 bits per heavy atom. The summed E-state index contributed by atoms with van der Waals surface area (Å²) in [6.45, 7) is 3.31. The Hall–Kier alpha value is -2.87. The van der Waals surface area contributed by atoms with Gasteiger partial charge in [0.25, 0.3) is 5.91 Å². The summed E-state index contributed by atoms with van der Waals surface area (Å²) in [6.07, 6.45) is 2.33. The summed E-state index contributed by atoms with van der Waals surface area (Å²) in [5.41, 5.74) is 4.92. The summed E-state index contributed by atoms with van der Waals surface area (Å²) in [6, 6.07) is 11.8. The second kappa shape index (κ2) is 8.01. The number of phenolic OH excluding ortho intramolecular Hbond substituents is 1. The van der Waals surface area contributed by atoms with Crippen LogP contribution in [0.5, 0.6) is 5.75 Å². The molecule has 2 N–H and O–H groups in total. The number of rotatable bonds is 6. The third kappa shape index (κ3) is 5.32. The molecule has 8 heteroatoms. The lowest BCUT2D eigenvalue weighted by atomic mass is 10.1. The maximum atomic E-state index is 12.1. The van der Waals surface area contributed by atoms with Crippen molar-refractivity contribution in [1.82, 2.24) is 5.43 Å². The Kier molecular flexibility index (Phi) is 5.99. The molecule has 0 bridgehead atoms. The highest BCUT2D eigenvalue weighted by atomic mass is 32.2. The molecule has 0 atom stereocenters. The third-order valence-corrected chi connectivity index (χ3v) is 4.65. The van der Waals surface area contributed by atoms with Gasteiger partial charge in [0.05, 0.1) is 18.2 Å². The zero-order valence-electron chi connectivity index (χ0n) is 14.8. The Balaban J connectivity index is 2.14. The van der Waals surface area contributed by atoms with Crippen molar-refractivity contribution in [3.8, 4) is 5.75 Å². The predicted octanol–water partition coefficient (Wildman–Crippen LogP) is 1.93. The van der Waals surface area contributed by atoms with Gasteiger partial charge in [-0.25, -0.2) is 13.8 Å². The average Bonchev–Trinajstić information content (AvgIpc) is 2.52. The standard InChI is InChI=1S/C18H21N3O4S/c1-13-8-14(2)10-16(9-13)21(26(3,24)25)12-18(23)20-19-11-15-6-4-5-7-17(15)22/h4-11,22H,12H2,1-3H3,(H,20,23)/b19-11-. The molecule has 2 aromatic carbocycles. The molecule has 26 heavy (non-hydrogen) atoms. The SMILES string of the molecule is Cc1cc(C)cc(N(CC(=O)N/N=C\c2ccccc2O)S(C)(=O)=O)c1. The van der Waals surface area contributed by atoms with Crippen molar-refractivity contribution >= 4 is 27.8 Å². The number of para-hydroxylation sites is 1. The number of anilines is 1. The molecule has 0 aromatic heterocycles. The minimum absolute atomic E-state index is 0.0264. The predicted molar refractivity (Wildman–Crippen MR) is 102 cm³/mol. The number of carbonyl (C=O) groups excluding carboxylic acids is 1. The van der Waals surface area contributed by atoms with Crippen LogP contribution in [-0.2, 0) is 14.8 Å². The molecule has 1 amide bonds. The number of carbonyl (C=O) groups is 1. The van der Waals surface area contributed by atoms with Gasteiger partial charge in [-0.15, -0.1) is 0 Å². The molecule has 0 aliphatic carbocycles. The quantitative estimate of drug-likeness (QED) is 0.595. The topological polar surface area (TPSA) is 99.1 Å². The molecule has 0 heterocycles. The summed E-state index contributed by atoms with van der Waals surface area (Å²) >= 11 is 0. The van der Waals surface area contributed by atoms with Crippen LogP contribution in [0.3, 0.4) is 0 Å². The van der Waals surface area contributed by atoms with E-state index >= 15 is 0 Å². The number of hydrazone groups is 1. The van der Waals surface area contributed by atoms with Crippen LogP contribution in [0.25, 0.3) is 0 Å². The first kappa shape index (κ1) is 19.5. The molecule has 0 aliphatic rings. The highest BCUT2D eigenvalue weighted by Crippen LogP contribution is 2.21. The molecule has 0 spiro atoms. The Morgan fingerprint density at radius 3 is 2.38 bits per heavy atom. The van der Waals surface area contributed by atoms with Gasteiger partial charge in [0.15, 0.2) is 0 Å². The van der Waals surface area contributed by atoms with Crippen LogP contribution in [0.4, 0.5) is 5.69 Å². The van der Waals surface area contributed by atoms with E-state index in [1.807, 2.05) is 19.9 Å². The van der Waals surface area contributed by atoms with E-state index in [1.165, 1.54) is 12.3 Å². The van der Waals surface area contributed by atoms with Crippen LogP contribution in [-0.4, -0.2) is 38.4 Å². The van der Waals surface area contributed by atoms with Gasteiger partial charge >= 0.3 is 0 Å². The lowest BCUT2D eigenvalue weighted by molar-refractivity contribution is -0.119. The minimum atomic E-state index is -3.65. The lowest BCUT2D eigenvalue weighted by Gasteiger charge is -2.22. The van der Waals surface area contributed by atoms with Crippen LogP contribution in [0.1, 0.15) is 16.7 Å².